The zero-order valence-electron chi connectivity index (χ0n) is 15.2. The number of hydrogen-bond acceptors (Lipinski definition) is 9. The number of pyridine rings is 1. The highest BCUT2D eigenvalue weighted by atomic mass is 127. The van der Waals surface area contributed by atoms with Crippen LogP contribution < -0.4 is 10.6 Å². The molecule has 0 aliphatic carbocycles. The molecule has 4 atom stereocenters. The number of carbonyl (C=O) groups is 1. The minimum atomic E-state index is -1.37. The van der Waals surface area contributed by atoms with Crippen molar-refractivity contribution in [1.82, 2.24) is 29.8 Å². The topological polar surface area (TPSA) is 147 Å². The molecule has 0 spiro atoms. The van der Waals surface area contributed by atoms with Gasteiger partial charge in [-0.15, -0.1) is 0 Å². The van der Waals surface area contributed by atoms with Crippen LogP contribution in [-0.4, -0.2) is 66.0 Å². The number of aliphatic hydroxyl groups excluding tert-OH is 2. The number of nitrogens with zero attached hydrogens (tertiary/aromatic N) is 5. The predicted octanol–water partition coefficient (Wildman–Crippen LogP) is -0.197. The molecule has 29 heavy (non-hydrogen) atoms. The van der Waals surface area contributed by atoms with Crippen LogP contribution >= 0.6 is 22.6 Å². The number of aromatic nitrogens is 5. The molecule has 1 aliphatic rings. The molecule has 12 heteroatoms. The maximum absolute atomic E-state index is 11.9. The number of amides is 1. The number of anilines is 1. The van der Waals surface area contributed by atoms with E-state index in [0.29, 0.717) is 23.5 Å². The van der Waals surface area contributed by atoms with Crippen molar-refractivity contribution in [2.24, 2.45) is 0 Å². The van der Waals surface area contributed by atoms with Crippen LogP contribution in [0.1, 0.15) is 11.9 Å². The quantitative estimate of drug-likeness (QED) is 0.342. The first-order valence-corrected chi connectivity index (χ1v) is 9.82. The molecule has 0 saturated carbocycles. The Kier molecular flexibility index (Phi) is 5.58. The number of ether oxygens (including phenoxy) is 1. The number of fused-ring (bicyclic) bond motifs is 1. The predicted molar refractivity (Wildman–Crippen MR) is 110 cm³/mol. The van der Waals surface area contributed by atoms with Crippen LogP contribution in [0.15, 0.2) is 31.0 Å². The SMILES string of the molecule is CNC(=O)[C@H]1O[C@@H](n2cnc3c(NCc4cc(I)ccn4)ncnc32)[C@H](O)[C@@H]1O. The minimum absolute atomic E-state index is 0.395. The molecular weight excluding hydrogens is 493 g/mol. The van der Waals surface area contributed by atoms with E-state index in [1.54, 1.807) is 6.20 Å². The normalized spacial score (nSPS) is 24.0. The Labute approximate surface area is 178 Å². The number of carbonyl (C=O) groups excluding carboxylic acids is 1. The average molecular weight is 511 g/mol. The highest BCUT2D eigenvalue weighted by molar-refractivity contribution is 14.1. The third kappa shape index (κ3) is 3.75. The first-order chi connectivity index (χ1) is 14.0. The Hall–Kier alpha value is -2.42. The highest BCUT2D eigenvalue weighted by Crippen LogP contribution is 2.32. The summed E-state index contributed by atoms with van der Waals surface area (Å²) in [4.78, 5) is 28.9. The summed E-state index contributed by atoms with van der Waals surface area (Å²) in [5.41, 5.74) is 1.70. The van der Waals surface area contributed by atoms with Gasteiger partial charge >= 0.3 is 0 Å². The number of aliphatic hydroxyl groups is 2. The van der Waals surface area contributed by atoms with Gasteiger partial charge in [0.1, 0.15) is 18.5 Å². The number of likely N-dealkylation sites (N-methyl/N-ethyl adjacent to an activating group) is 1. The van der Waals surface area contributed by atoms with Crippen LogP contribution in [0, 0.1) is 3.57 Å². The van der Waals surface area contributed by atoms with Gasteiger partial charge in [0.25, 0.3) is 5.91 Å². The van der Waals surface area contributed by atoms with Crippen LogP contribution in [0.4, 0.5) is 5.82 Å². The second kappa shape index (κ2) is 8.14. The fraction of sp³-hybridized carbons (Fsp3) is 0.353. The van der Waals surface area contributed by atoms with E-state index in [0.717, 1.165) is 9.26 Å². The van der Waals surface area contributed by atoms with Crippen molar-refractivity contribution >= 4 is 45.5 Å². The molecule has 3 aromatic heterocycles. The van der Waals surface area contributed by atoms with Gasteiger partial charge in [-0.25, -0.2) is 15.0 Å². The number of halogens is 1. The Morgan fingerprint density at radius 1 is 1.28 bits per heavy atom. The second-order valence-electron chi connectivity index (χ2n) is 6.41. The molecule has 4 heterocycles. The smallest absolute Gasteiger partial charge is 0.251 e. The van der Waals surface area contributed by atoms with E-state index < -0.39 is 30.4 Å². The number of nitrogens with one attached hydrogen (secondary N) is 2. The maximum Gasteiger partial charge on any atom is 0.251 e. The summed E-state index contributed by atoms with van der Waals surface area (Å²) in [6, 6.07) is 3.86. The third-order valence-electron chi connectivity index (χ3n) is 4.59. The van der Waals surface area contributed by atoms with Crippen LogP contribution in [0.2, 0.25) is 0 Å². The molecule has 11 nitrogen and oxygen atoms in total. The van der Waals surface area contributed by atoms with E-state index in [2.05, 4.69) is 53.2 Å². The zero-order chi connectivity index (χ0) is 20.5. The van der Waals surface area contributed by atoms with Crippen LogP contribution in [-0.2, 0) is 16.1 Å². The van der Waals surface area contributed by atoms with Crippen LogP contribution in [0.25, 0.3) is 11.2 Å². The Bertz CT molecular complexity index is 1050. The van der Waals surface area contributed by atoms with Crippen molar-refractivity contribution in [2.45, 2.75) is 31.1 Å². The lowest BCUT2D eigenvalue weighted by atomic mass is 10.1. The van der Waals surface area contributed by atoms with Crippen molar-refractivity contribution in [3.63, 3.8) is 0 Å². The molecule has 0 radical (unpaired) electrons. The third-order valence-corrected chi connectivity index (χ3v) is 5.26. The van der Waals surface area contributed by atoms with E-state index in [1.165, 1.54) is 24.3 Å². The fourth-order valence-electron chi connectivity index (χ4n) is 3.14. The Balaban J connectivity index is 1.60. The molecule has 4 rings (SSSR count). The van der Waals surface area contributed by atoms with Gasteiger partial charge in [-0.3, -0.25) is 14.3 Å². The van der Waals surface area contributed by atoms with Gasteiger partial charge in [-0.05, 0) is 34.7 Å². The van der Waals surface area contributed by atoms with Gasteiger partial charge in [0.15, 0.2) is 29.3 Å². The molecule has 3 aromatic rings. The zero-order valence-corrected chi connectivity index (χ0v) is 17.4. The summed E-state index contributed by atoms with van der Waals surface area (Å²) in [5.74, 6) is -0.0317. The second-order valence-corrected chi connectivity index (χ2v) is 7.65. The lowest BCUT2D eigenvalue weighted by Crippen LogP contribution is -2.41. The first-order valence-electron chi connectivity index (χ1n) is 8.74. The number of imidazole rings is 1. The largest absolute Gasteiger partial charge is 0.387 e. The lowest BCUT2D eigenvalue weighted by Gasteiger charge is -2.16. The summed E-state index contributed by atoms with van der Waals surface area (Å²) >= 11 is 2.22. The highest BCUT2D eigenvalue weighted by Gasteiger charge is 2.47. The summed E-state index contributed by atoms with van der Waals surface area (Å²) in [6.45, 7) is 0.440. The maximum atomic E-state index is 11.9. The lowest BCUT2D eigenvalue weighted by molar-refractivity contribution is -0.137. The van der Waals surface area contributed by atoms with Crippen molar-refractivity contribution in [2.75, 3.05) is 12.4 Å². The Morgan fingerprint density at radius 3 is 2.86 bits per heavy atom. The van der Waals surface area contributed by atoms with E-state index >= 15 is 0 Å². The molecule has 152 valence electrons. The minimum Gasteiger partial charge on any atom is -0.387 e. The van der Waals surface area contributed by atoms with E-state index in [9.17, 15) is 15.0 Å². The van der Waals surface area contributed by atoms with Crippen molar-refractivity contribution in [1.29, 1.82) is 0 Å². The first kappa shape index (κ1) is 19.9. The summed E-state index contributed by atoms with van der Waals surface area (Å²) in [6.07, 6.45) is -0.378. The molecule has 1 aliphatic heterocycles. The standard InChI is InChI=1S/C17H18IN7O4/c1-19-16(28)13-11(26)12(27)17(29-13)25-7-24-10-14(22-6-23-15(10)25)21-5-9-4-8(18)2-3-20-9/h2-4,6-7,11-13,17,26-27H,5H2,1H3,(H,19,28)(H,21,22,23)/t11-,12+,13-,17+/m0/s1. The molecule has 4 N–H and O–H groups in total. The molecule has 1 fully saturated rings. The van der Waals surface area contributed by atoms with Crippen molar-refractivity contribution < 1.29 is 19.7 Å². The Morgan fingerprint density at radius 2 is 2.10 bits per heavy atom. The average Bonchev–Trinajstić information content (AvgIpc) is 3.28. The van der Waals surface area contributed by atoms with Crippen LogP contribution in [0.5, 0.6) is 0 Å². The van der Waals surface area contributed by atoms with Gasteiger partial charge in [0.2, 0.25) is 0 Å². The van der Waals surface area contributed by atoms with Gasteiger partial charge < -0.3 is 25.6 Å². The summed E-state index contributed by atoms with van der Waals surface area (Å²) < 4.78 is 8.14. The van der Waals surface area contributed by atoms with Gasteiger partial charge in [0.05, 0.1) is 18.6 Å². The van der Waals surface area contributed by atoms with Gasteiger partial charge in [-0.1, -0.05) is 0 Å². The van der Waals surface area contributed by atoms with Crippen LogP contribution in [0.3, 0.4) is 0 Å². The van der Waals surface area contributed by atoms with E-state index in [1.807, 2.05) is 12.1 Å². The molecule has 0 unspecified atom stereocenters. The molecule has 1 amide bonds. The molecule has 0 aromatic carbocycles. The van der Waals surface area contributed by atoms with E-state index in [-0.39, 0.29) is 0 Å². The molecule has 0 bridgehead atoms. The summed E-state index contributed by atoms with van der Waals surface area (Å²) in [7, 11) is 1.43. The number of rotatable bonds is 5. The summed E-state index contributed by atoms with van der Waals surface area (Å²) in [5, 5.41) is 26.1. The van der Waals surface area contributed by atoms with Crippen molar-refractivity contribution in [3.05, 3.63) is 40.2 Å². The molecule has 1 saturated heterocycles. The van der Waals surface area contributed by atoms with E-state index in [4.69, 9.17) is 4.74 Å². The van der Waals surface area contributed by atoms with Gasteiger partial charge in [-0.2, -0.15) is 0 Å². The van der Waals surface area contributed by atoms with Gasteiger partial charge in [0, 0.05) is 16.8 Å². The number of hydrogen-bond donors (Lipinski definition) is 4. The fourth-order valence-corrected chi connectivity index (χ4v) is 3.66. The van der Waals surface area contributed by atoms with Crippen molar-refractivity contribution in [3.8, 4) is 0 Å². The monoisotopic (exact) mass is 511 g/mol. The molecular formula is C17H18IN7O4.